The zero-order valence-corrected chi connectivity index (χ0v) is 16.5. The quantitative estimate of drug-likeness (QED) is 0.570. The second-order valence-electron chi connectivity index (χ2n) is 7.34. The number of alkyl halides is 9. The second-order valence-corrected chi connectivity index (χ2v) is 7.34. The summed E-state index contributed by atoms with van der Waals surface area (Å²) in [7, 11) is 0. The van der Waals surface area contributed by atoms with Gasteiger partial charge in [-0.1, -0.05) is 26.0 Å². The first-order valence-electron chi connectivity index (χ1n) is 8.93. The van der Waals surface area contributed by atoms with E-state index in [1.807, 2.05) is 0 Å². The maximum Gasteiger partial charge on any atom is 0.435 e. The number of nitrogens with zero attached hydrogens (tertiary/aromatic N) is 2. The molecule has 2 rings (SSSR count). The molecule has 2 N–H and O–H groups in total. The van der Waals surface area contributed by atoms with Crippen LogP contribution in [0.4, 0.5) is 39.5 Å². The Labute approximate surface area is 175 Å². The van der Waals surface area contributed by atoms with Crippen LogP contribution in [0.15, 0.2) is 24.4 Å². The van der Waals surface area contributed by atoms with Crippen molar-refractivity contribution in [3.05, 3.63) is 46.9 Å². The third-order valence-electron chi connectivity index (χ3n) is 4.31. The van der Waals surface area contributed by atoms with Gasteiger partial charge in [0, 0.05) is 5.56 Å². The van der Waals surface area contributed by atoms with Crippen molar-refractivity contribution in [2.75, 3.05) is 0 Å². The summed E-state index contributed by atoms with van der Waals surface area (Å²) in [5.41, 5.74) is -0.157. The molecule has 0 saturated carbocycles. The number of hydrogen-bond acceptors (Lipinski definition) is 3. The van der Waals surface area contributed by atoms with E-state index in [4.69, 9.17) is 5.73 Å². The van der Waals surface area contributed by atoms with Crippen LogP contribution in [-0.4, -0.2) is 28.2 Å². The Morgan fingerprint density at radius 3 is 2.00 bits per heavy atom. The molecule has 32 heavy (non-hydrogen) atoms. The molecule has 1 aromatic carbocycles. The Bertz CT molecular complexity index is 981. The molecule has 1 heterocycles. The number of primary amides is 1. The first-order chi connectivity index (χ1) is 14.4. The van der Waals surface area contributed by atoms with Gasteiger partial charge in [-0.3, -0.25) is 4.79 Å². The number of carbonyl (C=O) groups excluding carboxylic acids is 1. The molecule has 0 saturated heterocycles. The lowest BCUT2D eigenvalue weighted by Gasteiger charge is -2.26. The Morgan fingerprint density at radius 2 is 1.56 bits per heavy atom. The Hall–Kier alpha value is -2.86. The number of carbonyl (C=O) groups is 1. The molecule has 4 nitrogen and oxygen atoms in total. The summed E-state index contributed by atoms with van der Waals surface area (Å²) in [4.78, 5) is 17.8. The molecule has 2 aromatic rings. The number of rotatable bonds is 5. The average molecular weight is 473 g/mol. The highest BCUT2D eigenvalue weighted by Crippen LogP contribution is 2.48. The first kappa shape index (κ1) is 25.4. The summed E-state index contributed by atoms with van der Waals surface area (Å²) < 4.78 is 119. The van der Waals surface area contributed by atoms with Crippen molar-refractivity contribution in [3.8, 4) is 11.3 Å². The molecular weight excluding hydrogens is 457 g/mol. The molecule has 0 radical (unpaired) electrons. The average Bonchev–Trinajstić information content (AvgIpc) is 2.59. The van der Waals surface area contributed by atoms with Gasteiger partial charge in [0.2, 0.25) is 0 Å². The van der Waals surface area contributed by atoms with Crippen LogP contribution in [0.25, 0.3) is 11.3 Å². The van der Waals surface area contributed by atoms with Crippen LogP contribution in [-0.2, 0) is 12.6 Å². The lowest BCUT2D eigenvalue weighted by Crippen LogP contribution is -2.35. The fourth-order valence-corrected chi connectivity index (χ4v) is 3.11. The molecule has 0 aliphatic heterocycles. The fraction of sp³-hybridized carbons (Fsp3) is 0.421. The van der Waals surface area contributed by atoms with Crippen LogP contribution in [0.1, 0.15) is 47.1 Å². The summed E-state index contributed by atoms with van der Waals surface area (Å²) in [6.07, 6.45) is -15.9. The van der Waals surface area contributed by atoms with Gasteiger partial charge >= 0.3 is 18.5 Å². The molecule has 0 unspecified atom stereocenters. The molecule has 0 aliphatic rings. The van der Waals surface area contributed by atoms with Gasteiger partial charge in [-0.15, -0.1) is 0 Å². The van der Waals surface area contributed by atoms with Crippen LogP contribution < -0.4 is 5.73 Å². The Balaban J connectivity index is 2.72. The fourth-order valence-electron chi connectivity index (χ4n) is 3.11. The zero-order chi connectivity index (χ0) is 24.6. The summed E-state index contributed by atoms with van der Waals surface area (Å²) >= 11 is 0. The van der Waals surface area contributed by atoms with Crippen LogP contribution in [0.3, 0.4) is 0 Å². The number of aromatic nitrogens is 2. The number of benzene rings is 1. The molecule has 0 bridgehead atoms. The molecule has 176 valence electrons. The standard InChI is InChI=1S/C19H16F9N3O/c1-8(2)5-10-6-9(3-4-11(10)14(17(20,21)22)18(23,24)25)12-7-30-13(16(29)32)15(31-12)19(26,27)28/h3-4,6-8,14H,5H2,1-2H3,(H2,29,32). The van der Waals surface area contributed by atoms with Crippen LogP contribution in [0.5, 0.6) is 0 Å². The van der Waals surface area contributed by atoms with Crippen molar-refractivity contribution >= 4 is 5.91 Å². The third kappa shape index (κ3) is 5.68. The van der Waals surface area contributed by atoms with Gasteiger partial charge in [0.25, 0.3) is 5.91 Å². The summed E-state index contributed by atoms with van der Waals surface area (Å²) in [6, 6.07) is 2.27. The molecule has 0 fully saturated rings. The van der Waals surface area contributed by atoms with Crippen LogP contribution in [0, 0.1) is 5.92 Å². The van der Waals surface area contributed by atoms with Gasteiger partial charge in [-0.05, 0) is 29.5 Å². The molecule has 1 aromatic heterocycles. The van der Waals surface area contributed by atoms with Crippen molar-refractivity contribution in [3.63, 3.8) is 0 Å². The minimum Gasteiger partial charge on any atom is -0.364 e. The maximum absolute atomic E-state index is 13.2. The number of hydrogen-bond donors (Lipinski definition) is 1. The summed E-state index contributed by atoms with van der Waals surface area (Å²) in [5.74, 6) is -5.66. The predicted octanol–water partition coefficient (Wildman–Crippen LogP) is 5.67. The number of halogens is 9. The lowest BCUT2D eigenvalue weighted by atomic mass is 9.87. The van der Waals surface area contributed by atoms with Crippen molar-refractivity contribution in [1.82, 2.24) is 9.97 Å². The second kappa shape index (κ2) is 8.58. The monoisotopic (exact) mass is 473 g/mol. The van der Waals surface area contributed by atoms with E-state index >= 15 is 0 Å². The van der Waals surface area contributed by atoms with Crippen molar-refractivity contribution in [2.24, 2.45) is 11.7 Å². The molecule has 0 atom stereocenters. The van der Waals surface area contributed by atoms with E-state index in [0.717, 1.165) is 18.3 Å². The van der Waals surface area contributed by atoms with Gasteiger partial charge in [-0.25, -0.2) is 9.97 Å². The van der Waals surface area contributed by atoms with Crippen LogP contribution in [0.2, 0.25) is 0 Å². The van der Waals surface area contributed by atoms with E-state index < -0.39 is 53.0 Å². The minimum absolute atomic E-state index is 0.207. The Kier molecular flexibility index (Phi) is 6.81. The third-order valence-corrected chi connectivity index (χ3v) is 4.31. The zero-order valence-electron chi connectivity index (χ0n) is 16.5. The minimum atomic E-state index is -5.64. The van der Waals surface area contributed by atoms with Crippen LogP contribution >= 0.6 is 0 Å². The molecule has 0 aliphatic carbocycles. The maximum atomic E-state index is 13.2. The highest BCUT2D eigenvalue weighted by Gasteiger charge is 2.58. The summed E-state index contributed by atoms with van der Waals surface area (Å²) in [6.45, 7) is 3.10. The number of amides is 1. The smallest absolute Gasteiger partial charge is 0.364 e. The van der Waals surface area contributed by atoms with E-state index in [-0.39, 0.29) is 23.5 Å². The van der Waals surface area contributed by atoms with E-state index in [0.29, 0.717) is 6.07 Å². The van der Waals surface area contributed by atoms with Gasteiger partial charge in [0.15, 0.2) is 17.3 Å². The van der Waals surface area contributed by atoms with E-state index in [2.05, 4.69) is 9.97 Å². The predicted molar refractivity (Wildman–Crippen MR) is 94.4 cm³/mol. The van der Waals surface area contributed by atoms with Crippen molar-refractivity contribution < 1.29 is 44.3 Å². The Morgan fingerprint density at radius 1 is 1.00 bits per heavy atom. The van der Waals surface area contributed by atoms with E-state index in [1.165, 1.54) is 0 Å². The number of nitrogens with two attached hydrogens (primary N) is 1. The highest BCUT2D eigenvalue weighted by molar-refractivity contribution is 5.92. The highest BCUT2D eigenvalue weighted by atomic mass is 19.4. The SMILES string of the molecule is CC(C)Cc1cc(-c2cnc(C(N)=O)c(C(F)(F)F)n2)ccc1C(C(F)(F)F)C(F)(F)F. The topological polar surface area (TPSA) is 68.9 Å². The molecular formula is C19H16F9N3O. The normalized spacial score (nSPS) is 13.2. The van der Waals surface area contributed by atoms with Gasteiger partial charge in [0.05, 0.1) is 11.9 Å². The molecule has 13 heteroatoms. The lowest BCUT2D eigenvalue weighted by molar-refractivity contribution is -0.253. The molecule has 1 amide bonds. The van der Waals surface area contributed by atoms with Gasteiger partial charge in [-0.2, -0.15) is 39.5 Å². The van der Waals surface area contributed by atoms with Gasteiger partial charge < -0.3 is 5.73 Å². The molecule has 0 spiro atoms. The van der Waals surface area contributed by atoms with E-state index in [1.54, 1.807) is 13.8 Å². The summed E-state index contributed by atoms with van der Waals surface area (Å²) in [5, 5.41) is 0. The van der Waals surface area contributed by atoms with Crippen molar-refractivity contribution in [2.45, 2.75) is 44.7 Å². The van der Waals surface area contributed by atoms with Crippen molar-refractivity contribution in [1.29, 1.82) is 0 Å². The van der Waals surface area contributed by atoms with E-state index in [9.17, 15) is 44.3 Å². The van der Waals surface area contributed by atoms with Gasteiger partial charge in [0.1, 0.15) is 0 Å². The first-order valence-corrected chi connectivity index (χ1v) is 8.93. The largest absolute Gasteiger partial charge is 0.435 e.